The van der Waals surface area contributed by atoms with Crippen LogP contribution in [0.15, 0.2) is 15.9 Å². The largest absolute Gasteiger partial charge is 0.573 e. The number of nitriles is 1. The molecule has 18 heavy (non-hydrogen) atoms. The van der Waals surface area contributed by atoms with Crippen LogP contribution in [0.4, 0.5) is 13.2 Å². The highest BCUT2D eigenvalue weighted by Gasteiger charge is 2.36. The number of H-pyrrole nitrogens is 1. The fourth-order valence-corrected chi connectivity index (χ4v) is 2.09. The third-order valence-corrected chi connectivity index (χ3v) is 2.91. The Balaban J connectivity index is 3.70. The number of rotatable bonds is 2. The molecule has 0 saturated carbocycles. The van der Waals surface area contributed by atoms with Crippen molar-refractivity contribution in [2.45, 2.75) is 11.3 Å². The maximum atomic E-state index is 12.1. The molecule has 0 radical (unpaired) electrons. The lowest BCUT2D eigenvalue weighted by atomic mass is 10.3. The minimum Gasteiger partial charge on any atom is -0.403 e. The van der Waals surface area contributed by atoms with Crippen LogP contribution in [-0.4, -0.2) is 19.8 Å². The second-order valence-corrected chi connectivity index (χ2v) is 5.29. The van der Waals surface area contributed by atoms with Crippen molar-refractivity contribution in [3.05, 3.63) is 22.1 Å². The van der Waals surface area contributed by atoms with Crippen LogP contribution in [0.2, 0.25) is 0 Å². The second-order valence-electron chi connectivity index (χ2n) is 2.79. The molecule has 1 aromatic rings. The van der Waals surface area contributed by atoms with Gasteiger partial charge in [-0.15, -0.1) is 13.2 Å². The monoisotopic (exact) mass is 302 g/mol. The van der Waals surface area contributed by atoms with Crippen molar-refractivity contribution in [3.63, 3.8) is 0 Å². The molecule has 0 atom stereocenters. The summed E-state index contributed by atoms with van der Waals surface area (Å²) in [6.45, 7) is 0. The number of hydrogen-bond donors (Lipinski definition) is 1. The van der Waals surface area contributed by atoms with Gasteiger partial charge < -0.3 is 9.72 Å². The van der Waals surface area contributed by atoms with E-state index in [9.17, 15) is 26.4 Å². The summed E-state index contributed by atoms with van der Waals surface area (Å²) < 4.78 is 61.6. The fraction of sp³-hybridized carbons (Fsp3) is 0.143. The number of alkyl halides is 3. The Bertz CT molecular complexity index is 673. The molecule has 0 spiro atoms. The van der Waals surface area contributed by atoms with Gasteiger partial charge in [-0.3, -0.25) is 4.79 Å². The highest BCUT2D eigenvalue weighted by Crippen LogP contribution is 2.31. The number of hydrogen-bond acceptors (Lipinski definition) is 5. The van der Waals surface area contributed by atoms with E-state index >= 15 is 0 Å². The van der Waals surface area contributed by atoms with Gasteiger partial charge in [-0.1, -0.05) is 0 Å². The van der Waals surface area contributed by atoms with Gasteiger partial charge >= 0.3 is 6.36 Å². The Kier molecular flexibility index (Phi) is 3.59. The van der Waals surface area contributed by atoms with Crippen LogP contribution in [-0.2, 0) is 9.05 Å². The zero-order valence-corrected chi connectivity index (χ0v) is 9.65. The number of halogens is 4. The first-order valence-corrected chi connectivity index (χ1v) is 6.23. The number of aromatic nitrogens is 1. The lowest BCUT2D eigenvalue weighted by molar-refractivity contribution is -0.275. The maximum absolute atomic E-state index is 12.1. The number of nitrogens with one attached hydrogen (secondary N) is 1. The molecule has 0 unspecified atom stereocenters. The van der Waals surface area contributed by atoms with Gasteiger partial charge in [0, 0.05) is 16.9 Å². The Morgan fingerprint density at radius 2 is 2.00 bits per heavy atom. The van der Waals surface area contributed by atoms with E-state index in [-0.39, 0.29) is 0 Å². The summed E-state index contributed by atoms with van der Waals surface area (Å²) in [5.74, 6) is -1.45. The number of aromatic amines is 1. The Hall–Kier alpha value is -1.73. The van der Waals surface area contributed by atoms with E-state index < -0.39 is 37.2 Å². The Morgan fingerprint density at radius 3 is 2.39 bits per heavy atom. The van der Waals surface area contributed by atoms with E-state index in [2.05, 4.69) is 4.74 Å². The van der Waals surface area contributed by atoms with Crippen molar-refractivity contribution in [2.24, 2.45) is 0 Å². The molecule has 0 amide bonds. The zero-order valence-electron chi connectivity index (χ0n) is 8.08. The van der Waals surface area contributed by atoms with Crippen LogP contribution in [0.1, 0.15) is 5.56 Å². The smallest absolute Gasteiger partial charge is 0.403 e. The average molecular weight is 303 g/mol. The molecule has 0 saturated heterocycles. The molecule has 1 heterocycles. The molecule has 98 valence electrons. The fourth-order valence-electron chi connectivity index (χ4n) is 1.02. The van der Waals surface area contributed by atoms with E-state index in [0.717, 1.165) is 0 Å². The van der Waals surface area contributed by atoms with Crippen LogP contribution < -0.4 is 10.3 Å². The quantitative estimate of drug-likeness (QED) is 0.824. The molecule has 0 fully saturated rings. The van der Waals surface area contributed by atoms with Gasteiger partial charge in [-0.25, -0.2) is 8.42 Å². The minimum atomic E-state index is -5.28. The number of pyridine rings is 1. The molecule has 1 rings (SSSR count). The van der Waals surface area contributed by atoms with Gasteiger partial charge in [0.1, 0.15) is 11.6 Å². The number of nitrogens with zero attached hydrogens (tertiary/aromatic N) is 1. The second kappa shape index (κ2) is 4.51. The molecule has 11 heteroatoms. The van der Waals surface area contributed by atoms with E-state index in [4.69, 9.17) is 15.9 Å². The highest BCUT2D eigenvalue weighted by molar-refractivity contribution is 8.13. The van der Waals surface area contributed by atoms with E-state index in [0.29, 0.717) is 6.20 Å². The van der Waals surface area contributed by atoms with Crippen LogP contribution in [0, 0.1) is 11.3 Å². The molecule has 0 aliphatic heterocycles. The van der Waals surface area contributed by atoms with Crippen LogP contribution in [0.3, 0.4) is 0 Å². The molecular weight excluding hydrogens is 301 g/mol. The lowest BCUT2D eigenvalue weighted by Crippen LogP contribution is -2.23. The zero-order chi connectivity index (χ0) is 14.1. The van der Waals surface area contributed by atoms with Crippen molar-refractivity contribution in [2.75, 3.05) is 0 Å². The molecule has 1 aromatic heterocycles. The van der Waals surface area contributed by atoms with Crippen molar-refractivity contribution < 1.29 is 26.3 Å². The third-order valence-electron chi connectivity index (χ3n) is 1.59. The molecule has 6 nitrogen and oxygen atoms in total. The van der Waals surface area contributed by atoms with Crippen molar-refractivity contribution >= 4 is 19.7 Å². The van der Waals surface area contributed by atoms with E-state index in [1.165, 1.54) is 6.07 Å². The normalized spacial score (nSPS) is 11.9. The molecular formula is C7H2ClF3N2O4S. The minimum absolute atomic E-state index is 0.578. The summed E-state index contributed by atoms with van der Waals surface area (Å²) >= 11 is 0. The van der Waals surface area contributed by atoms with Crippen LogP contribution in [0.5, 0.6) is 5.75 Å². The third kappa shape index (κ3) is 3.14. The topological polar surface area (TPSA) is 100 Å². The van der Waals surface area contributed by atoms with Gasteiger partial charge in [0.05, 0.1) is 0 Å². The van der Waals surface area contributed by atoms with E-state index in [1.807, 2.05) is 0 Å². The average Bonchev–Trinajstić information content (AvgIpc) is 2.13. The van der Waals surface area contributed by atoms with Gasteiger partial charge in [0.25, 0.3) is 14.6 Å². The SMILES string of the molecule is N#Cc1c[nH]c(=O)c(S(=O)(=O)Cl)c1OC(F)(F)F. The van der Waals surface area contributed by atoms with Crippen LogP contribution >= 0.6 is 10.7 Å². The summed E-state index contributed by atoms with van der Waals surface area (Å²) in [5, 5.41) is 8.54. The van der Waals surface area contributed by atoms with Gasteiger partial charge in [0.2, 0.25) is 0 Å². The summed E-state index contributed by atoms with van der Waals surface area (Å²) in [6.07, 6.45) is -4.70. The Morgan fingerprint density at radius 1 is 1.44 bits per heavy atom. The summed E-state index contributed by atoms with van der Waals surface area (Å²) in [4.78, 5) is 11.5. The molecule has 0 aromatic carbocycles. The van der Waals surface area contributed by atoms with Crippen molar-refractivity contribution in [3.8, 4) is 11.8 Å². The first-order valence-electron chi connectivity index (χ1n) is 3.92. The first-order chi connectivity index (χ1) is 8.06. The van der Waals surface area contributed by atoms with Gasteiger partial charge in [0.15, 0.2) is 10.6 Å². The summed E-state index contributed by atoms with van der Waals surface area (Å²) in [6, 6.07) is 1.24. The standard InChI is InChI=1S/C7H2ClF3N2O4S/c8-18(15,16)5-4(17-7(9,10)11)3(1-12)2-13-6(5)14/h2H,(H,13,14). The lowest BCUT2D eigenvalue weighted by Gasteiger charge is -2.11. The highest BCUT2D eigenvalue weighted by atomic mass is 35.7. The molecule has 0 bridgehead atoms. The summed E-state index contributed by atoms with van der Waals surface area (Å²) in [7, 11) is 0.00549. The molecule has 0 aliphatic rings. The predicted octanol–water partition coefficient (Wildman–Crippen LogP) is 1.07. The van der Waals surface area contributed by atoms with Gasteiger partial charge in [-0.2, -0.15) is 5.26 Å². The van der Waals surface area contributed by atoms with E-state index in [1.54, 1.807) is 4.98 Å². The first kappa shape index (κ1) is 14.3. The predicted molar refractivity (Wildman–Crippen MR) is 51.5 cm³/mol. The van der Waals surface area contributed by atoms with Gasteiger partial charge in [-0.05, 0) is 0 Å². The van der Waals surface area contributed by atoms with Crippen LogP contribution in [0.25, 0.3) is 0 Å². The molecule has 0 aliphatic carbocycles. The van der Waals surface area contributed by atoms with Crippen molar-refractivity contribution in [1.29, 1.82) is 5.26 Å². The van der Waals surface area contributed by atoms with Crippen molar-refractivity contribution in [1.82, 2.24) is 4.98 Å². The molecule has 1 N–H and O–H groups in total. The summed E-state index contributed by atoms with van der Waals surface area (Å²) in [5.41, 5.74) is -2.26. The Labute approximate surface area is 102 Å². The number of ether oxygens (including phenoxy) is 1. The maximum Gasteiger partial charge on any atom is 0.573 e.